The second kappa shape index (κ2) is 5.31. The first kappa shape index (κ1) is 10.6. The molecule has 78 valence electrons. The maximum Gasteiger partial charge on any atom is 0.315 e. The maximum atomic E-state index is 11.7. The third kappa shape index (κ3) is 3.51. The van der Waals surface area contributed by atoms with Crippen molar-refractivity contribution >= 4 is 5.91 Å². The maximum absolute atomic E-state index is 11.7. The Labute approximate surface area is 79.9 Å². The standard InChI is InChI=1S/C8H11F2N3O/c9-7(10)8(14)12-2-1-4-13-5-3-11-6-13/h3,5-7H,1-2,4H2,(H,12,14). The smallest absolute Gasteiger partial charge is 0.315 e. The highest BCUT2D eigenvalue weighted by atomic mass is 19.3. The minimum atomic E-state index is -2.93. The fourth-order valence-corrected chi connectivity index (χ4v) is 0.969. The zero-order chi connectivity index (χ0) is 10.4. The van der Waals surface area contributed by atoms with Gasteiger partial charge in [-0.2, -0.15) is 8.78 Å². The van der Waals surface area contributed by atoms with E-state index in [4.69, 9.17) is 0 Å². The summed E-state index contributed by atoms with van der Waals surface area (Å²) in [6.45, 7) is 0.908. The largest absolute Gasteiger partial charge is 0.351 e. The first-order valence-corrected chi connectivity index (χ1v) is 4.22. The zero-order valence-electron chi connectivity index (χ0n) is 7.49. The molecule has 1 N–H and O–H groups in total. The van der Waals surface area contributed by atoms with Crippen molar-refractivity contribution in [1.82, 2.24) is 14.9 Å². The van der Waals surface area contributed by atoms with E-state index in [1.54, 1.807) is 18.7 Å². The highest BCUT2D eigenvalue weighted by Gasteiger charge is 2.13. The average molecular weight is 203 g/mol. The molecule has 1 heterocycles. The topological polar surface area (TPSA) is 46.9 Å². The van der Waals surface area contributed by atoms with E-state index in [2.05, 4.69) is 10.3 Å². The molecule has 4 nitrogen and oxygen atoms in total. The number of aromatic nitrogens is 2. The number of nitrogens with one attached hydrogen (secondary N) is 1. The molecule has 14 heavy (non-hydrogen) atoms. The van der Waals surface area contributed by atoms with Gasteiger partial charge in [0.25, 0.3) is 5.91 Å². The Morgan fingerprint density at radius 3 is 2.93 bits per heavy atom. The summed E-state index contributed by atoms with van der Waals surface area (Å²) in [4.78, 5) is 14.2. The van der Waals surface area contributed by atoms with Gasteiger partial charge in [0.15, 0.2) is 0 Å². The molecule has 0 atom stereocenters. The van der Waals surface area contributed by atoms with Gasteiger partial charge in [0, 0.05) is 25.5 Å². The van der Waals surface area contributed by atoms with Crippen molar-refractivity contribution < 1.29 is 13.6 Å². The van der Waals surface area contributed by atoms with E-state index >= 15 is 0 Å². The number of hydrogen-bond donors (Lipinski definition) is 1. The van der Waals surface area contributed by atoms with Crippen molar-refractivity contribution in [3.8, 4) is 0 Å². The van der Waals surface area contributed by atoms with Crippen LogP contribution in [-0.4, -0.2) is 28.4 Å². The molecular weight excluding hydrogens is 192 g/mol. The number of alkyl halides is 2. The quantitative estimate of drug-likeness (QED) is 0.714. The number of amides is 1. The van der Waals surface area contributed by atoms with Gasteiger partial charge < -0.3 is 9.88 Å². The summed E-state index contributed by atoms with van der Waals surface area (Å²) in [6.07, 6.45) is 2.72. The first-order valence-electron chi connectivity index (χ1n) is 4.22. The first-order chi connectivity index (χ1) is 6.70. The number of hydrogen-bond acceptors (Lipinski definition) is 2. The van der Waals surface area contributed by atoms with E-state index in [-0.39, 0.29) is 6.54 Å². The number of aryl methyl sites for hydroxylation is 1. The van der Waals surface area contributed by atoms with E-state index in [0.29, 0.717) is 13.0 Å². The van der Waals surface area contributed by atoms with Gasteiger partial charge in [-0.25, -0.2) is 4.98 Å². The molecule has 1 amide bonds. The molecule has 0 saturated carbocycles. The Morgan fingerprint density at radius 2 is 2.36 bits per heavy atom. The zero-order valence-corrected chi connectivity index (χ0v) is 7.49. The van der Waals surface area contributed by atoms with Crippen LogP contribution in [0.3, 0.4) is 0 Å². The Hall–Kier alpha value is -1.46. The third-order valence-electron chi connectivity index (χ3n) is 1.65. The van der Waals surface area contributed by atoms with E-state index in [0.717, 1.165) is 0 Å². The molecule has 1 rings (SSSR count). The predicted molar refractivity (Wildman–Crippen MR) is 45.9 cm³/mol. The fourth-order valence-electron chi connectivity index (χ4n) is 0.969. The molecule has 0 aliphatic carbocycles. The molecule has 0 saturated heterocycles. The molecule has 0 bridgehead atoms. The van der Waals surface area contributed by atoms with Crippen LogP contribution < -0.4 is 5.32 Å². The molecule has 0 fully saturated rings. The second-order valence-electron chi connectivity index (χ2n) is 2.75. The van der Waals surface area contributed by atoms with Gasteiger partial charge >= 0.3 is 6.43 Å². The average Bonchev–Trinajstić information content (AvgIpc) is 2.64. The molecule has 0 aliphatic rings. The van der Waals surface area contributed by atoms with Crippen molar-refractivity contribution in [2.45, 2.75) is 19.4 Å². The summed E-state index contributed by atoms with van der Waals surface area (Å²) in [5.74, 6) is -1.21. The van der Waals surface area contributed by atoms with Gasteiger partial charge in [0.2, 0.25) is 0 Å². The van der Waals surface area contributed by atoms with Crippen LogP contribution in [0.1, 0.15) is 6.42 Å². The van der Waals surface area contributed by atoms with Gasteiger partial charge in [-0.1, -0.05) is 0 Å². The van der Waals surface area contributed by atoms with Crippen LogP contribution in [-0.2, 0) is 11.3 Å². The number of carbonyl (C=O) groups is 1. The Balaban J connectivity index is 2.08. The lowest BCUT2D eigenvalue weighted by atomic mass is 10.4. The Morgan fingerprint density at radius 1 is 1.57 bits per heavy atom. The van der Waals surface area contributed by atoms with E-state index in [9.17, 15) is 13.6 Å². The third-order valence-corrected chi connectivity index (χ3v) is 1.65. The number of imidazole rings is 1. The van der Waals surface area contributed by atoms with Crippen molar-refractivity contribution in [3.05, 3.63) is 18.7 Å². The summed E-state index contributed by atoms with van der Waals surface area (Å²) >= 11 is 0. The fraction of sp³-hybridized carbons (Fsp3) is 0.500. The lowest BCUT2D eigenvalue weighted by Crippen LogP contribution is -2.30. The van der Waals surface area contributed by atoms with E-state index in [1.807, 2.05) is 4.57 Å². The summed E-state index contributed by atoms with van der Waals surface area (Å²) < 4.78 is 25.2. The van der Waals surface area contributed by atoms with Crippen molar-refractivity contribution in [2.24, 2.45) is 0 Å². The highest BCUT2D eigenvalue weighted by molar-refractivity contribution is 5.78. The monoisotopic (exact) mass is 203 g/mol. The van der Waals surface area contributed by atoms with Crippen molar-refractivity contribution in [3.63, 3.8) is 0 Å². The lowest BCUT2D eigenvalue weighted by Gasteiger charge is -2.04. The van der Waals surface area contributed by atoms with Crippen LogP contribution >= 0.6 is 0 Å². The minimum absolute atomic E-state index is 0.251. The molecule has 0 spiro atoms. The van der Waals surface area contributed by atoms with Gasteiger partial charge in [-0.3, -0.25) is 4.79 Å². The van der Waals surface area contributed by atoms with Crippen LogP contribution in [0, 0.1) is 0 Å². The Bertz CT molecular complexity index is 274. The molecule has 1 aromatic heterocycles. The van der Waals surface area contributed by atoms with Gasteiger partial charge in [-0.15, -0.1) is 0 Å². The normalized spacial score (nSPS) is 10.5. The summed E-state index contributed by atoms with van der Waals surface area (Å²) in [5, 5.41) is 2.12. The van der Waals surface area contributed by atoms with Crippen LogP contribution in [0.4, 0.5) is 8.78 Å². The number of nitrogens with zero attached hydrogens (tertiary/aromatic N) is 2. The molecule has 0 aliphatic heterocycles. The van der Waals surface area contributed by atoms with Crippen LogP contribution in [0.25, 0.3) is 0 Å². The summed E-state index contributed by atoms with van der Waals surface area (Å²) in [6, 6.07) is 0. The lowest BCUT2D eigenvalue weighted by molar-refractivity contribution is -0.131. The number of carbonyl (C=O) groups excluding carboxylic acids is 1. The molecule has 0 unspecified atom stereocenters. The van der Waals surface area contributed by atoms with E-state index < -0.39 is 12.3 Å². The second-order valence-corrected chi connectivity index (χ2v) is 2.75. The number of rotatable bonds is 5. The van der Waals surface area contributed by atoms with Gasteiger partial charge in [0.1, 0.15) is 0 Å². The molecule has 6 heteroatoms. The SMILES string of the molecule is O=C(NCCCn1ccnc1)C(F)F. The molecule has 0 radical (unpaired) electrons. The summed E-state index contributed by atoms with van der Waals surface area (Å²) in [7, 11) is 0. The minimum Gasteiger partial charge on any atom is -0.351 e. The van der Waals surface area contributed by atoms with Gasteiger partial charge in [0.05, 0.1) is 6.33 Å². The summed E-state index contributed by atoms with van der Waals surface area (Å²) in [5.41, 5.74) is 0. The van der Waals surface area contributed by atoms with Crippen LogP contribution in [0.5, 0.6) is 0 Å². The van der Waals surface area contributed by atoms with Crippen molar-refractivity contribution in [2.75, 3.05) is 6.54 Å². The van der Waals surface area contributed by atoms with Gasteiger partial charge in [-0.05, 0) is 6.42 Å². The van der Waals surface area contributed by atoms with Crippen LogP contribution in [0.15, 0.2) is 18.7 Å². The van der Waals surface area contributed by atoms with Crippen LogP contribution in [0.2, 0.25) is 0 Å². The molecule has 0 aromatic carbocycles. The Kier molecular flexibility index (Phi) is 4.03. The highest BCUT2D eigenvalue weighted by Crippen LogP contribution is 1.92. The number of halogens is 2. The van der Waals surface area contributed by atoms with Crippen molar-refractivity contribution in [1.29, 1.82) is 0 Å². The molecular formula is C8H11F2N3O. The molecule has 1 aromatic rings. The van der Waals surface area contributed by atoms with E-state index in [1.165, 1.54) is 0 Å². The predicted octanol–water partition coefficient (Wildman–Crippen LogP) is 0.654.